The van der Waals surface area contributed by atoms with Gasteiger partial charge in [0, 0.05) is 43.2 Å². The molecule has 1 aromatic heterocycles. The minimum Gasteiger partial charge on any atom is -0.497 e. The van der Waals surface area contributed by atoms with Crippen LogP contribution in [0.3, 0.4) is 0 Å². The molecule has 3 aromatic rings. The number of rotatable bonds is 10. The van der Waals surface area contributed by atoms with Gasteiger partial charge in [0.2, 0.25) is 0 Å². The normalized spacial score (nSPS) is 11.3. The van der Waals surface area contributed by atoms with E-state index in [2.05, 4.69) is 15.6 Å². The van der Waals surface area contributed by atoms with E-state index >= 15 is 0 Å². The molecule has 186 valence electrons. The van der Waals surface area contributed by atoms with Crippen LogP contribution in [0.25, 0.3) is 0 Å². The Bertz CT molecular complexity index is 1220. The second kappa shape index (κ2) is 12.7. The van der Waals surface area contributed by atoms with Crippen LogP contribution in [0, 0.1) is 5.82 Å². The summed E-state index contributed by atoms with van der Waals surface area (Å²) in [4.78, 5) is 29.6. The molecular weight excluding hydrogens is 471 g/mol. The molecule has 0 atom stereocenters. The van der Waals surface area contributed by atoms with Crippen LogP contribution in [0.5, 0.6) is 11.5 Å². The van der Waals surface area contributed by atoms with E-state index in [1.54, 1.807) is 37.4 Å². The summed E-state index contributed by atoms with van der Waals surface area (Å²) in [6.45, 7) is 3.40. The highest BCUT2D eigenvalue weighted by molar-refractivity contribution is 7.07. The van der Waals surface area contributed by atoms with Gasteiger partial charge in [-0.05, 0) is 43.2 Å². The van der Waals surface area contributed by atoms with Crippen LogP contribution in [-0.4, -0.2) is 43.8 Å². The van der Waals surface area contributed by atoms with Gasteiger partial charge < -0.3 is 24.7 Å². The van der Waals surface area contributed by atoms with Crippen molar-refractivity contribution >= 4 is 23.3 Å². The van der Waals surface area contributed by atoms with Crippen molar-refractivity contribution in [2.75, 3.05) is 27.3 Å². The average Bonchev–Trinajstić information content (AvgIpc) is 3.23. The quantitative estimate of drug-likeness (QED) is 0.415. The van der Waals surface area contributed by atoms with Crippen LogP contribution in [0.15, 0.2) is 52.8 Å². The number of benzene rings is 2. The number of amides is 3. The lowest BCUT2D eigenvalue weighted by molar-refractivity contribution is 0.0994. The second-order valence-corrected chi connectivity index (χ2v) is 8.42. The first-order chi connectivity index (χ1) is 16.9. The molecule has 0 bridgehead atoms. The maximum Gasteiger partial charge on any atom is 0.314 e. The highest BCUT2D eigenvalue weighted by Crippen LogP contribution is 2.25. The first kappa shape index (κ1) is 26.0. The van der Waals surface area contributed by atoms with Crippen LogP contribution >= 0.6 is 11.3 Å². The minimum absolute atomic E-state index is 0.221. The standard InChI is InChI=1S/C25H29FN4O4S/c1-4-27-24(32)28-12-5-13-30-19(14-17-6-8-18(26)9-7-17)16-35-25(30)29-23(31)21-11-10-20(33-2)15-22(21)34-3/h6-11,15-16H,4-5,12-14H2,1-3H3,(H2,27,28,32). The van der Waals surface area contributed by atoms with E-state index in [1.165, 1.54) is 30.6 Å². The molecule has 0 saturated heterocycles. The molecule has 2 N–H and O–H groups in total. The largest absolute Gasteiger partial charge is 0.497 e. The molecule has 3 rings (SSSR count). The van der Waals surface area contributed by atoms with Gasteiger partial charge in [0.25, 0.3) is 5.91 Å². The molecule has 0 spiro atoms. The van der Waals surface area contributed by atoms with Gasteiger partial charge in [-0.15, -0.1) is 11.3 Å². The van der Waals surface area contributed by atoms with E-state index in [0.717, 1.165) is 11.3 Å². The summed E-state index contributed by atoms with van der Waals surface area (Å²) in [6.07, 6.45) is 1.19. The van der Waals surface area contributed by atoms with Crippen LogP contribution in [0.1, 0.15) is 35.0 Å². The number of ether oxygens (including phenoxy) is 2. The molecule has 35 heavy (non-hydrogen) atoms. The minimum atomic E-state index is -0.436. The maximum atomic E-state index is 13.3. The Hall–Kier alpha value is -3.66. The Balaban J connectivity index is 1.88. The molecule has 2 aromatic carbocycles. The summed E-state index contributed by atoms with van der Waals surface area (Å²) in [5.41, 5.74) is 2.20. The van der Waals surface area contributed by atoms with Crippen molar-refractivity contribution in [3.05, 3.63) is 75.3 Å². The number of halogens is 1. The van der Waals surface area contributed by atoms with Crippen molar-refractivity contribution in [1.82, 2.24) is 15.2 Å². The van der Waals surface area contributed by atoms with Gasteiger partial charge in [0.1, 0.15) is 17.3 Å². The average molecular weight is 501 g/mol. The first-order valence-electron chi connectivity index (χ1n) is 11.2. The number of methoxy groups -OCH3 is 2. The fraction of sp³-hybridized carbons (Fsp3) is 0.320. The number of hydrogen-bond acceptors (Lipinski definition) is 5. The number of hydrogen-bond donors (Lipinski definition) is 2. The van der Waals surface area contributed by atoms with E-state index < -0.39 is 5.91 Å². The SMILES string of the molecule is CCNC(=O)NCCCn1c(Cc2ccc(F)cc2)csc1=NC(=O)c1ccc(OC)cc1OC. The van der Waals surface area contributed by atoms with E-state index in [4.69, 9.17) is 9.47 Å². The fourth-order valence-electron chi connectivity index (χ4n) is 3.43. The molecule has 0 saturated carbocycles. The van der Waals surface area contributed by atoms with Crippen LogP contribution in [0.2, 0.25) is 0 Å². The van der Waals surface area contributed by atoms with Crippen LogP contribution in [-0.2, 0) is 13.0 Å². The molecule has 3 amide bonds. The van der Waals surface area contributed by atoms with Gasteiger partial charge >= 0.3 is 6.03 Å². The smallest absolute Gasteiger partial charge is 0.314 e. The Morgan fingerprint density at radius 3 is 2.54 bits per heavy atom. The third-order valence-electron chi connectivity index (χ3n) is 5.19. The van der Waals surface area contributed by atoms with Crippen molar-refractivity contribution in [2.45, 2.75) is 26.3 Å². The van der Waals surface area contributed by atoms with Gasteiger partial charge in [-0.2, -0.15) is 4.99 Å². The fourth-order valence-corrected chi connectivity index (χ4v) is 4.35. The van der Waals surface area contributed by atoms with E-state index in [0.29, 0.717) is 54.3 Å². The Labute approximate surface area is 207 Å². The summed E-state index contributed by atoms with van der Waals surface area (Å²) >= 11 is 1.35. The monoisotopic (exact) mass is 500 g/mol. The molecule has 0 aliphatic heterocycles. The van der Waals surface area contributed by atoms with E-state index in [1.807, 2.05) is 16.9 Å². The van der Waals surface area contributed by atoms with E-state index in [9.17, 15) is 14.0 Å². The Kier molecular flexibility index (Phi) is 9.42. The van der Waals surface area contributed by atoms with Crippen LogP contribution < -0.4 is 24.9 Å². The lowest BCUT2D eigenvalue weighted by Crippen LogP contribution is -2.36. The number of nitrogens with one attached hydrogen (secondary N) is 2. The third kappa shape index (κ3) is 7.16. The van der Waals surface area contributed by atoms with Crippen molar-refractivity contribution < 1.29 is 23.5 Å². The molecule has 0 aliphatic rings. The van der Waals surface area contributed by atoms with Crippen molar-refractivity contribution in [2.24, 2.45) is 4.99 Å². The predicted molar refractivity (Wildman–Crippen MR) is 133 cm³/mol. The first-order valence-corrected chi connectivity index (χ1v) is 12.1. The Morgan fingerprint density at radius 1 is 1.09 bits per heavy atom. The molecule has 0 radical (unpaired) electrons. The highest BCUT2D eigenvalue weighted by atomic mass is 32.1. The third-order valence-corrected chi connectivity index (χ3v) is 6.11. The molecule has 1 heterocycles. The molecule has 0 aliphatic carbocycles. The number of aromatic nitrogens is 1. The van der Waals surface area contributed by atoms with E-state index in [-0.39, 0.29) is 11.8 Å². The van der Waals surface area contributed by atoms with Crippen molar-refractivity contribution in [3.63, 3.8) is 0 Å². The van der Waals surface area contributed by atoms with Gasteiger partial charge in [-0.1, -0.05) is 12.1 Å². The predicted octanol–water partition coefficient (Wildman–Crippen LogP) is 3.75. The zero-order chi connectivity index (χ0) is 25.2. The summed E-state index contributed by atoms with van der Waals surface area (Å²) < 4.78 is 25.8. The number of carbonyl (C=O) groups excluding carboxylic acids is 2. The van der Waals surface area contributed by atoms with Gasteiger partial charge in [-0.25, -0.2) is 9.18 Å². The van der Waals surface area contributed by atoms with Crippen LogP contribution in [0.4, 0.5) is 9.18 Å². The van der Waals surface area contributed by atoms with Gasteiger partial charge in [0.05, 0.1) is 19.8 Å². The highest BCUT2D eigenvalue weighted by Gasteiger charge is 2.14. The molecular formula is C25H29FN4O4S. The van der Waals surface area contributed by atoms with Gasteiger partial charge in [-0.3, -0.25) is 4.79 Å². The molecule has 10 heteroatoms. The number of carbonyl (C=O) groups is 2. The maximum absolute atomic E-state index is 13.3. The zero-order valence-corrected chi connectivity index (χ0v) is 20.8. The summed E-state index contributed by atoms with van der Waals surface area (Å²) in [5.74, 6) is 0.219. The van der Waals surface area contributed by atoms with Gasteiger partial charge in [0.15, 0.2) is 4.80 Å². The summed E-state index contributed by atoms with van der Waals surface area (Å²) in [6, 6.07) is 11.0. The lowest BCUT2D eigenvalue weighted by Gasteiger charge is -2.11. The summed E-state index contributed by atoms with van der Waals surface area (Å²) in [5, 5.41) is 7.44. The van der Waals surface area contributed by atoms with Crippen molar-refractivity contribution in [1.29, 1.82) is 0 Å². The Morgan fingerprint density at radius 2 is 1.86 bits per heavy atom. The summed E-state index contributed by atoms with van der Waals surface area (Å²) in [7, 11) is 3.03. The number of urea groups is 1. The molecule has 0 fully saturated rings. The topological polar surface area (TPSA) is 94.0 Å². The molecule has 0 unspecified atom stereocenters. The lowest BCUT2D eigenvalue weighted by atomic mass is 10.1. The second-order valence-electron chi connectivity index (χ2n) is 7.59. The number of thiazole rings is 1. The molecule has 8 nitrogen and oxygen atoms in total. The van der Waals surface area contributed by atoms with Crippen molar-refractivity contribution in [3.8, 4) is 11.5 Å². The zero-order valence-electron chi connectivity index (χ0n) is 20.0. The number of nitrogens with zero attached hydrogens (tertiary/aromatic N) is 2.